The maximum Gasteiger partial charge on any atom is 0.356 e. The third-order valence-electron chi connectivity index (χ3n) is 4.97. The van der Waals surface area contributed by atoms with E-state index in [2.05, 4.69) is 31.7 Å². The molecule has 0 aliphatic heterocycles. The van der Waals surface area contributed by atoms with Crippen LogP contribution < -0.4 is 21.7 Å². The predicted molar refractivity (Wildman–Crippen MR) is 128 cm³/mol. The first-order valence-corrected chi connectivity index (χ1v) is 10.2. The Balaban J connectivity index is 1.49. The molecule has 1 heterocycles. The second kappa shape index (κ2) is 10.1. The molecule has 4 rings (SSSR count). The Labute approximate surface area is 201 Å². The number of nitrogens with zero attached hydrogens (tertiary/aromatic N) is 4. The highest BCUT2D eigenvalue weighted by Gasteiger charge is 2.24. The van der Waals surface area contributed by atoms with Crippen molar-refractivity contribution >= 4 is 45.6 Å². The summed E-state index contributed by atoms with van der Waals surface area (Å²) in [5, 5.41) is 24.0. The maximum atomic E-state index is 12.7. The molecule has 0 fully saturated rings. The highest BCUT2D eigenvalue weighted by Crippen LogP contribution is 2.28. The molecule has 2 amide bonds. The molecule has 0 radical (unpaired) electrons. The Hall–Kier alpha value is -5.66. The van der Waals surface area contributed by atoms with Gasteiger partial charge in [-0.15, -0.1) is 0 Å². The molecule has 4 aromatic rings. The molecule has 4 N–H and O–H groups in total. The number of nitrogens with one attached hydrogen (secondary N) is 4. The van der Waals surface area contributed by atoms with Crippen LogP contribution in [0, 0.1) is 20.2 Å². The van der Waals surface area contributed by atoms with Crippen LogP contribution >= 0.6 is 0 Å². The van der Waals surface area contributed by atoms with Crippen molar-refractivity contribution in [3.63, 3.8) is 0 Å². The quantitative estimate of drug-likeness (QED) is 0.211. The first-order valence-electron chi connectivity index (χ1n) is 10.2. The largest absolute Gasteiger partial charge is 0.356 e. The summed E-state index contributed by atoms with van der Waals surface area (Å²) in [6.45, 7) is 0. The third kappa shape index (κ3) is 4.96. The molecule has 0 aliphatic rings. The Morgan fingerprint density at radius 3 is 1.97 bits per heavy atom. The molecule has 0 aliphatic carbocycles. The SMILES string of the molecule is O=C(NNc1ncnc(NNC(=O)c2cccc3ccccc23)c1[N+](=O)[O-])c1ccc([N+](=O)[O-])cc1. The fraction of sp³-hybridized carbons (Fsp3) is 0. The van der Waals surface area contributed by atoms with Gasteiger partial charge in [0.25, 0.3) is 17.5 Å². The fourth-order valence-corrected chi connectivity index (χ4v) is 3.26. The standard InChI is InChI=1S/C22H16N8O6/c31-21(14-8-10-15(11-9-14)29(33)34)27-25-19-18(30(35)36)20(24-12-23-19)26-28-22(32)17-7-3-5-13-4-1-2-6-16(13)17/h1-12H,(H,27,31)(H,28,32)(H2,23,24,25,26). The van der Waals surface area contributed by atoms with Crippen molar-refractivity contribution < 1.29 is 19.4 Å². The van der Waals surface area contributed by atoms with Crippen LogP contribution in [-0.2, 0) is 0 Å². The molecule has 3 aromatic carbocycles. The number of anilines is 2. The van der Waals surface area contributed by atoms with Gasteiger partial charge in [-0.2, -0.15) is 0 Å². The number of hydrazine groups is 2. The summed E-state index contributed by atoms with van der Waals surface area (Å²) in [5.74, 6) is -1.99. The van der Waals surface area contributed by atoms with Gasteiger partial charge in [0.15, 0.2) is 0 Å². The number of benzene rings is 3. The zero-order valence-corrected chi connectivity index (χ0v) is 18.2. The van der Waals surface area contributed by atoms with Gasteiger partial charge in [0.05, 0.1) is 9.85 Å². The van der Waals surface area contributed by atoms with Crippen molar-refractivity contribution in [2.24, 2.45) is 0 Å². The number of fused-ring (bicyclic) bond motifs is 1. The second-order valence-electron chi connectivity index (χ2n) is 7.17. The number of carbonyl (C=O) groups is 2. The summed E-state index contributed by atoms with van der Waals surface area (Å²) < 4.78 is 0. The monoisotopic (exact) mass is 488 g/mol. The Morgan fingerprint density at radius 1 is 0.722 bits per heavy atom. The van der Waals surface area contributed by atoms with Crippen LogP contribution in [0.4, 0.5) is 23.0 Å². The highest BCUT2D eigenvalue weighted by atomic mass is 16.6. The number of nitro benzene ring substituents is 1. The van der Waals surface area contributed by atoms with Gasteiger partial charge in [-0.05, 0) is 29.0 Å². The van der Waals surface area contributed by atoms with Crippen LogP contribution in [-0.4, -0.2) is 31.6 Å². The van der Waals surface area contributed by atoms with Gasteiger partial charge in [-0.25, -0.2) is 9.97 Å². The van der Waals surface area contributed by atoms with Crippen molar-refractivity contribution in [3.8, 4) is 0 Å². The number of rotatable bonds is 8. The number of nitro groups is 2. The molecule has 14 nitrogen and oxygen atoms in total. The van der Waals surface area contributed by atoms with E-state index in [0.717, 1.165) is 23.8 Å². The lowest BCUT2D eigenvalue weighted by molar-refractivity contribution is -0.384. The Kier molecular flexibility index (Phi) is 6.58. The van der Waals surface area contributed by atoms with Gasteiger partial charge in [0.1, 0.15) is 6.33 Å². The topological polar surface area (TPSA) is 194 Å². The lowest BCUT2D eigenvalue weighted by Crippen LogP contribution is -2.32. The molecular formula is C22H16N8O6. The van der Waals surface area contributed by atoms with Gasteiger partial charge < -0.3 is 0 Å². The molecular weight excluding hydrogens is 472 g/mol. The van der Waals surface area contributed by atoms with E-state index in [-0.39, 0.29) is 22.9 Å². The van der Waals surface area contributed by atoms with Crippen LogP contribution in [0.15, 0.2) is 73.1 Å². The van der Waals surface area contributed by atoms with Gasteiger partial charge >= 0.3 is 5.69 Å². The molecule has 0 saturated heterocycles. The Bertz CT molecular complexity index is 1490. The zero-order chi connectivity index (χ0) is 25.7. The summed E-state index contributed by atoms with van der Waals surface area (Å²) in [5.41, 5.74) is 8.92. The number of amides is 2. The third-order valence-corrected chi connectivity index (χ3v) is 4.97. The molecule has 0 saturated carbocycles. The van der Waals surface area contributed by atoms with Crippen LogP contribution in [0.3, 0.4) is 0 Å². The molecule has 0 bridgehead atoms. The van der Waals surface area contributed by atoms with Gasteiger partial charge in [0.2, 0.25) is 11.6 Å². The predicted octanol–water partition coefficient (Wildman–Crippen LogP) is 2.96. The van der Waals surface area contributed by atoms with Gasteiger partial charge in [-0.3, -0.25) is 51.5 Å². The fourth-order valence-electron chi connectivity index (χ4n) is 3.26. The number of hydrogen-bond donors (Lipinski definition) is 4. The minimum atomic E-state index is -0.799. The lowest BCUT2D eigenvalue weighted by Gasteiger charge is -2.12. The minimum absolute atomic E-state index is 0.0607. The van der Waals surface area contributed by atoms with Crippen molar-refractivity contribution in [1.82, 2.24) is 20.8 Å². The van der Waals surface area contributed by atoms with E-state index in [1.807, 2.05) is 18.2 Å². The zero-order valence-electron chi connectivity index (χ0n) is 18.2. The highest BCUT2D eigenvalue weighted by molar-refractivity contribution is 6.07. The summed E-state index contributed by atoms with van der Waals surface area (Å²) in [7, 11) is 0. The van der Waals surface area contributed by atoms with Crippen molar-refractivity contribution in [3.05, 3.63) is 104 Å². The summed E-state index contributed by atoms with van der Waals surface area (Å²) in [4.78, 5) is 53.7. The molecule has 0 unspecified atom stereocenters. The normalized spacial score (nSPS) is 10.3. The lowest BCUT2D eigenvalue weighted by atomic mass is 10.0. The molecule has 0 atom stereocenters. The average Bonchev–Trinajstić information content (AvgIpc) is 2.89. The molecule has 180 valence electrons. The van der Waals surface area contributed by atoms with Crippen molar-refractivity contribution in [1.29, 1.82) is 0 Å². The van der Waals surface area contributed by atoms with E-state index >= 15 is 0 Å². The average molecular weight is 488 g/mol. The summed E-state index contributed by atoms with van der Waals surface area (Å²) in [6.07, 6.45) is 0.986. The van der Waals surface area contributed by atoms with Crippen molar-refractivity contribution in [2.45, 2.75) is 0 Å². The van der Waals surface area contributed by atoms with Crippen LogP contribution in [0.2, 0.25) is 0 Å². The smallest absolute Gasteiger partial charge is 0.276 e. The number of carbonyl (C=O) groups excluding carboxylic acids is 2. The summed E-state index contributed by atoms with van der Waals surface area (Å²) >= 11 is 0. The van der Waals surface area contributed by atoms with E-state index < -0.39 is 27.3 Å². The number of aromatic nitrogens is 2. The van der Waals surface area contributed by atoms with E-state index in [4.69, 9.17) is 0 Å². The molecule has 14 heteroatoms. The van der Waals surface area contributed by atoms with Crippen LogP contribution in [0.5, 0.6) is 0 Å². The number of hydrogen-bond acceptors (Lipinski definition) is 10. The summed E-state index contributed by atoms with van der Waals surface area (Å²) in [6, 6.07) is 17.1. The van der Waals surface area contributed by atoms with E-state index in [1.165, 1.54) is 12.1 Å². The molecule has 1 aromatic heterocycles. The second-order valence-corrected chi connectivity index (χ2v) is 7.17. The first-order chi connectivity index (χ1) is 17.3. The van der Waals surface area contributed by atoms with Crippen molar-refractivity contribution in [2.75, 3.05) is 10.9 Å². The van der Waals surface area contributed by atoms with Crippen LogP contribution in [0.25, 0.3) is 10.8 Å². The van der Waals surface area contributed by atoms with E-state index in [0.29, 0.717) is 10.9 Å². The Morgan fingerprint density at radius 2 is 1.33 bits per heavy atom. The van der Waals surface area contributed by atoms with Gasteiger partial charge in [0, 0.05) is 23.3 Å². The van der Waals surface area contributed by atoms with E-state index in [9.17, 15) is 29.8 Å². The minimum Gasteiger partial charge on any atom is -0.276 e. The van der Waals surface area contributed by atoms with Crippen LogP contribution in [0.1, 0.15) is 20.7 Å². The van der Waals surface area contributed by atoms with Gasteiger partial charge in [-0.1, -0.05) is 36.4 Å². The maximum absolute atomic E-state index is 12.7. The first kappa shape index (κ1) is 23.5. The van der Waals surface area contributed by atoms with E-state index in [1.54, 1.807) is 24.3 Å². The molecule has 36 heavy (non-hydrogen) atoms. The molecule has 0 spiro atoms. The number of non-ortho nitro benzene ring substituents is 1.